The first-order valence-corrected chi connectivity index (χ1v) is 7.27. The van der Waals surface area contributed by atoms with Gasteiger partial charge < -0.3 is 29.9 Å². The van der Waals surface area contributed by atoms with Gasteiger partial charge in [0.15, 0.2) is 5.79 Å². The highest BCUT2D eigenvalue weighted by Crippen LogP contribution is 2.47. The molecule has 0 bridgehead atoms. The number of aliphatic hydroxyl groups is 4. The highest BCUT2D eigenvalue weighted by Gasteiger charge is 2.64. The molecule has 1 aliphatic carbocycles. The normalized spacial score (nSPS) is 47.2. The summed E-state index contributed by atoms with van der Waals surface area (Å²) in [5, 5.41) is 41.0. The largest absolute Gasteiger partial charge is 0.393 e. The van der Waals surface area contributed by atoms with Crippen molar-refractivity contribution < 1.29 is 29.9 Å². The molecule has 0 aromatic rings. The molecule has 0 aromatic carbocycles. The van der Waals surface area contributed by atoms with Crippen molar-refractivity contribution in [2.45, 2.75) is 81.8 Å². The van der Waals surface area contributed by atoms with Crippen LogP contribution in [0.3, 0.4) is 0 Å². The van der Waals surface area contributed by atoms with Crippen LogP contribution in [0.4, 0.5) is 0 Å². The third kappa shape index (κ3) is 2.61. The van der Waals surface area contributed by atoms with Crippen molar-refractivity contribution in [3.8, 4) is 0 Å². The molecule has 0 spiro atoms. The zero-order chi connectivity index (χ0) is 15.2. The topological polar surface area (TPSA) is 99.4 Å². The minimum atomic E-state index is -1.77. The molecule has 1 heterocycles. The molecule has 2 rings (SSSR count). The summed E-state index contributed by atoms with van der Waals surface area (Å²) in [6, 6.07) is 0. The van der Waals surface area contributed by atoms with Gasteiger partial charge in [0.1, 0.15) is 23.9 Å². The number of ether oxygens (including phenoxy) is 2. The predicted octanol–water partition coefficient (Wildman–Crippen LogP) is -0.0842. The first kappa shape index (κ1) is 16.1. The van der Waals surface area contributed by atoms with Crippen LogP contribution in [0.15, 0.2) is 0 Å². The van der Waals surface area contributed by atoms with Gasteiger partial charge in [0, 0.05) is 6.42 Å². The van der Waals surface area contributed by atoms with Gasteiger partial charge in [-0.15, -0.1) is 0 Å². The van der Waals surface area contributed by atoms with E-state index in [1.807, 2.05) is 6.92 Å². The Balaban J connectivity index is 2.32. The Morgan fingerprint density at radius 1 is 1.15 bits per heavy atom. The molecule has 118 valence electrons. The molecule has 1 saturated heterocycles. The van der Waals surface area contributed by atoms with E-state index in [2.05, 4.69) is 0 Å². The summed E-state index contributed by atoms with van der Waals surface area (Å²) in [5.74, 6) is -0.933. The van der Waals surface area contributed by atoms with Crippen LogP contribution in [0.2, 0.25) is 0 Å². The maximum absolute atomic E-state index is 10.9. The van der Waals surface area contributed by atoms with Gasteiger partial charge in [-0.25, -0.2) is 0 Å². The van der Waals surface area contributed by atoms with Crippen LogP contribution < -0.4 is 0 Å². The molecule has 6 nitrogen and oxygen atoms in total. The summed E-state index contributed by atoms with van der Waals surface area (Å²) in [6.45, 7) is 4.79. The van der Waals surface area contributed by atoms with Gasteiger partial charge in [-0.3, -0.25) is 0 Å². The summed E-state index contributed by atoms with van der Waals surface area (Å²) in [6.07, 6.45) is -0.882. The molecular weight excluding hydrogens is 264 g/mol. The van der Waals surface area contributed by atoms with Crippen LogP contribution in [-0.2, 0) is 9.47 Å². The minimum Gasteiger partial charge on any atom is -0.393 e. The molecule has 0 radical (unpaired) electrons. The van der Waals surface area contributed by atoms with Gasteiger partial charge >= 0.3 is 0 Å². The molecule has 0 aromatic heterocycles. The predicted molar refractivity (Wildman–Crippen MR) is 71.0 cm³/mol. The first-order chi connectivity index (χ1) is 9.17. The Labute approximate surface area is 119 Å². The third-order valence-electron chi connectivity index (χ3n) is 4.37. The molecule has 20 heavy (non-hydrogen) atoms. The Bertz CT molecular complexity index is 360. The van der Waals surface area contributed by atoms with E-state index < -0.39 is 41.9 Å². The van der Waals surface area contributed by atoms with Crippen LogP contribution in [0.25, 0.3) is 0 Å². The van der Waals surface area contributed by atoms with E-state index in [0.29, 0.717) is 6.42 Å². The fourth-order valence-electron chi connectivity index (χ4n) is 3.34. The summed E-state index contributed by atoms with van der Waals surface area (Å²) in [7, 11) is 0. The van der Waals surface area contributed by atoms with Crippen LogP contribution in [-0.4, -0.2) is 62.3 Å². The summed E-state index contributed by atoms with van der Waals surface area (Å²) in [5.41, 5.74) is -3.08. The Morgan fingerprint density at radius 2 is 1.80 bits per heavy atom. The van der Waals surface area contributed by atoms with Crippen molar-refractivity contribution >= 4 is 0 Å². The molecule has 5 unspecified atom stereocenters. The number of hydrogen-bond acceptors (Lipinski definition) is 6. The van der Waals surface area contributed by atoms with E-state index in [4.69, 9.17) is 9.47 Å². The van der Waals surface area contributed by atoms with Gasteiger partial charge in [-0.1, -0.05) is 19.8 Å². The minimum absolute atomic E-state index is 0.127. The second-order valence-electron chi connectivity index (χ2n) is 6.61. The van der Waals surface area contributed by atoms with Crippen molar-refractivity contribution in [2.24, 2.45) is 0 Å². The second kappa shape index (κ2) is 5.19. The fourth-order valence-corrected chi connectivity index (χ4v) is 3.34. The average molecular weight is 290 g/mol. The van der Waals surface area contributed by atoms with Crippen LogP contribution >= 0.6 is 0 Å². The number of fused-ring (bicyclic) bond motifs is 1. The van der Waals surface area contributed by atoms with Crippen LogP contribution in [0.1, 0.15) is 46.5 Å². The van der Waals surface area contributed by atoms with Crippen molar-refractivity contribution in [3.63, 3.8) is 0 Å². The highest BCUT2D eigenvalue weighted by atomic mass is 16.8. The quantitative estimate of drug-likeness (QED) is 0.578. The van der Waals surface area contributed by atoms with Crippen molar-refractivity contribution in [1.82, 2.24) is 0 Å². The van der Waals surface area contributed by atoms with Crippen molar-refractivity contribution in [2.75, 3.05) is 6.61 Å². The zero-order valence-electron chi connectivity index (χ0n) is 12.4. The Hall–Kier alpha value is -0.240. The van der Waals surface area contributed by atoms with Crippen molar-refractivity contribution in [1.29, 1.82) is 0 Å². The van der Waals surface area contributed by atoms with Gasteiger partial charge in [0.2, 0.25) is 0 Å². The summed E-state index contributed by atoms with van der Waals surface area (Å²) >= 11 is 0. The monoisotopic (exact) mass is 290 g/mol. The number of aliphatic hydroxyl groups excluding tert-OH is 2. The molecule has 0 amide bonds. The molecule has 2 fully saturated rings. The van der Waals surface area contributed by atoms with E-state index in [1.54, 1.807) is 13.8 Å². The average Bonchev–Trinajstić information content (AvgIpc) is 2.71. The van der Waals surface area contributed by atoms with Gasteiger partial charge in [0.25, 0.3) is 0 Å². The molecule has 6 heteroatoms. The van der Waals surface area contributed by atoms with E-state index in [-0.39, 0.29) is 6.42 Å². The summed E-state index contributed by atoms with van der Waals surface area (Å²) < 4.78 is 11.4. The molecule has 1 saturated carbocycles. The van der Waals surface area contributed by atoms with Gasteiger partial charge in [-0.2, -0.15) is 0 Å². The lowest BCUT2D eigenvalue weighted by atomic mass is 9.68. The first-order valence-electron chi connectivity index (χ1n) is 7.27. The van der Waals surface area contributed by atoms with E-state index in [1.165, 1.54) is 0 Å². The van der Waals surface area contributed by atoms with E-state index in [9.17, 15) is 20.4 Å². The van der Waals surface area contributed by atoms with E-state index in [0.717, 1.165) is 12.8 Å². The maximum Gasteiger partial charge on any atom is 0.164 e. The zero-order valence-corrected chi connectivity index (χ0v) is 12.4. The number of hydrogen-bond donors (Lipinski definition) is 4. The van der Waals surface area contributed by atoms with Crippen molar-refractivity contribution in [3.05, 3.63) is 0 Å². The summed E-state index contributed by atoms with van der Waals surface area (Å²) in [4.78, 5) is 0. The molecular formula is C14H26O6. The third-order valence-corrected chi connectivity index (χ3v) is 4.37. The van der Waals surface area contributed by atoms with Crippen LogP contribution in [0, 0.1) is 0 Å². The fraction of sp³-hybridized carbons (Fsp3) is 1.00. The standard InChI is InChI=1S/C14H26O6/c1-4-5-6-13(17)7-14(18,8-15)10(16)9-11(13)20-12(2,3)19-9/h9-11,15-18H,4-8H2,1-3H3. The highest BCUT2D eigenvalue weighted by molar-refractivity contribution is 5.12. The SMILES string of the molecule is CCCCC1(O)CC(O)(CO)C(O)C2OC(C)(C)OC21. The maximum atomic E-state index is 10.9. The number of rotatable bonds is 4. The molecule has 2 aliphatic rings. The Morgan fingerprint density at radius 3 is 2.35 bits per heavy atom. The van der Waals surface area contributed by atoms with Gasteiger partial charge in [0.05, 0.1) is 12.2 Å². The van der Waals surface area contributed by atoms with E-state index >= 15 is 0 Å². The lowest BCUT2D eigenvalue weighted by Gasteiger charge is -2.49. The Kier molecular flexibility index (Phi) is 4.19. The lowest BCUT2D eigenvalue weighted by Crippen LogP contribution is -2.68. The molecule has 1 aliphatic heterocycles. The van der Waals surface area contributed by atoms with Crippen LogP contribution in [0.5, 0.6) is 0 Å². The lowest BCUT2D eigenvalue weighted by molar-refractivity contribution is -0.235. The number of unbranched alkanes of at least 4 members (excludes halogenated alkanes) is 1. The smallest absolute Gasteiger partial charge is 0.164 e. The molecule has 5 atom stereocenters. The second-order valence-corrected chi connectivity index (χ2v) is 6.61. The van der Waals surface area contributed by atoms with Gasteiger partial charge in [-0.05, 0) is 20.3 Å². The molecule has 4 N–H and O–H groups in total.